The molecule has 4 heteroatoms. The quantitative estimate of drug-likeness (QED) is 0.649. The van der Waals surface area contributed by atoms with Crippen LogP contribution in [0.15, 0.2) is 0 Å². The molecule has 0 aromatic heterocycles. The summed E-state index contributed by atoms with van der Waals surface area (Å²) < 4.78 is 5.30. The highest BCUT2D eigenvalue weighted by Gasteiger charge is 2.33. The van der Waals surface area contributed by atoms with E-state index in [4.69, 9.17) is 9.84 Å². The summed E-state index contributed by atoms with van der Waals surface area (Å²) in [5.74, 6) is -0.871. The fourth-order valence-corrected chi connectivity index (χ4v) is 1.51. The Morgan fingerprint density at radius 3 is 2.75 bits per heavy atom. The summed E-state index contributed by atoms with van der Waals surface area (Å²) in [5.41, 5.74) is 0. The number of carbonyl (C=O) groups is 1. The lowest BCUT2D eigenvalue weighted by molar-refractivity contribution is -0.140. The average molecular weight is 174 g/mol. The number of carboxylic acid groups (broad SMARTS) is 1. The zero-order chi connectivity index (χ0) is 9.14. The number of aliphatic hydroxyl groups is 1. The SMILES string of the molecule is CC[C@H]1O[C@H](CC(=O)O)CC1O. The molecule has 12 heavy (non-hydrogen) atoms. The molecule has 1 unspecified atom stereocenters. The van der Waals surface area contributed by atoms with E-state index >= 15 is 0 Å². The van der Waals surface area contributed by atoms with Gasteiger partial charge in [0.1, 0.15) is 0 Å². The summed E-state index contributed by atoms with van der Waals surface area (Å²) in [5, 5.41) is 17.8. The molecule has 2 N–H and O–H groups in total. The van der Waals surface area contributed by atoms with Crippen molar-refractivity contribution in [3.05, 3.63) is 0 Å². The Labute approximate surface area is 71.2 Å². The van der Waals surface area contributed by atoms with Crippen LogP contribution in [-0.2, 0) is 9.53 Å². The Balaban J connectivity index is 2.37. The van der Waals surface area contributed by atoms with Gasteiger partial charge in [-0.15, -0.1) is 0 Å². The minimum absolute atomic E-state index is 0.00639. The molecular formula is C8H14O4. The summed E-state index contributed by atoms with van der Waals surface area (Å²) in [4.78, 5) is 10.3. The molecule has 1 heterocycles. The Morgan fingerprint density at radius 2 is 2.33 bits per heavy atom. The van der Waals surface area contributed by atoms with Crippen molar-refractivity contribution >= 4 is 5.97 Å². The number of ether oxygens (including phenoxy) is 1. The zero-order valence-corrected chi connectivity index (χ0v) is 7.06. The van der Waals surface area contributed by atoms with Crippen LogP contribution in [0.4, 0.5) is 0 Å². The lowest BCUT2D eigenvalue weighted by atomic mass is 10.1. The van der Waals surface area contributed by atoms with Crippen LogP contribution < -0.4 is 0 Å². The number of aliphatic carboxylic acids is 1. The zero-order valence-electron chi connectivity index (χ0n) is 7.06. The predicted octanol–water partition coefficient (Wildman–Crippen LogP) is 0.390. The Bertz CT molecular complexity index is 168. The molecule has 0 bridgehead atoms. The molecular weight excluding hydrogens is 160 g/mol. The van der Waals surface area contributed by atoms with Crippen molar-refractivity contribution in [3.8, 4) is 0 Å². The third-order valence-electron chi connectivity index (χ3n) is 2.11. The number of carboxylic acids is 1. The summed E-state index contributed by atoms with van der Waals surface area (Å²) in [6.07, 6.45) is 0.214. The predicted molar refractivity (Wildman–Crippen MR) is 41.8 cm³/mol. The van der Waals surface area contributed by atoms with Gasteiger partial charge in [-0.05, 0) is 6.42 Å². The molecule has 0 aromatic carbocycles. The van der Waals surface area contributed by atoms with Gasteiger partial charge in [0.25, 0.3) is 0 Å². The van der Waals surface area contributed by atoms with Crippen LogP contribution in [0.25, 0.3) is 0 Å². The van der Waals surface area contributed by atoms with Gasteiger partial charge in [-0.25, -0.2) is 0 Å². The smallest absolute Gasteiger partial charge is 0.305 e. The van der Waals surface area contributed by atoms with E-state index in [0.717, 1.165) is 6.42 Å². The maximum Gasteiger partial charge on any atom is 0.305 e. The average Bonchev–Trinajstić information content (AvgIpc) is 2.29. The van der Waals surface area contributed by atoms with E-state index in [1.54, 1.807) is 0 Å². The highest BCUT2D eigenvalue weighted by Crippen LogP contribution is 2.24. The number of hydrogen-bond donors (Lipinski definition) is 2. The molecule has 0 aliphatic carbocycles. The van der Waals surface area contributed by atoms with Gasteiger partial charge in [0.05, 0.1) is 24.7 Å². The highest BCUT2D eigenvalue weighted by atomic mass is 16.5. The minimum atomic E-state index is -0.871. The van der Waals surface area contributed by atoms with Crippen LogP contribution in [0, 0.1) is 0 Å². The number of rotatable bonds is 3. The molecule has 0 radical (unpaired) electrons. The van der Waals surface area contributed by atoms with Gasteiger partial charge < -0.3 is 14.9 Å². The lowest BCUT2D eigenvalue weighted by Gasteiger charge is -2.10. The summed E-state index contributed by atoms with van der Waals surface area (Å²) in [6, 6.07) is 0. The largest absolute Gasteiger partial charge is 0.481 e. The third kappa shape index (κ3) is 2.19. The van der Waals surface area contributed by atoms with Crippen LogP contribution in [0.1, 0.15) is 26.2 Å². The van der Waals surface area contributed by atoms with Gasteiger partial charge in [0.2, 0.25) is 0 Å². The first-order valence-electron chi connectivity index (χ1n) is 4.18. The number of hydrogen-bond acceptors (Lipinski definition) is 3. The topological polar surface area (TPSA) is 66.8 Å². The van der Waals surface area contributed by atoms with Gasteiger partial charge in [-0.1, -0.05) is 6.92 Å². The van der Waals surface area contributed by atoms with E-state index in [1.807, 2.05) is 6.92 Å². The molecule has 0 spiro atoms. The van der Waals surface area contributed by atoms with Gasteiger partial charge in [0, 0.05) is 6.42 Å². The maximum absolute atomic E-state index is 10.3. The first-order chi connectivity index (χ1) is 5.63. The summed E-state index contributed by atoms with van der Waals surface area (Å²) in [6.45, 7) is 1.91. The molecule has 1 aliphatic rings. The van der Waals surface area contributed by atoms with Crippen molar-refractivity contribution in [1.29, 1.82) is 0 Å². The first kappa shape index (κ1) is 9.48. The standard InChI is InChI=1S/C8H14O4/c1-2-7-6(9)3-5(12-7)4-8(10)11/h5-7,9H,2-4H2,1H3,(H,10,11)/t5-,6?,7+/m0/s1. The van der Waals surface area contributed by atoms with Crippen LogP contribution >= 0.6 is 0 Å². The van der Waals surface area contributed by atoms with E-state index in [0.29, 0.717) is 6.42 Å². The van der Waals surface area contributed by atoms with E-state index in [2.05, 4.69) is 0 Å². The van der Waals surface area contributed by atoms with Crippen LogP contribution in [-0.4, -0.2) is 34.5 Å². The van der Waals surface area contributed by atoms with Crippen molar-refractivity contribution < 1.29 is 19.7 Å². The molecule has 0 amide bonds. The lowest BCUT2D eigenvalue weighted by Crippen LogP contribution is -2.19. The molecule has 3 atom stereocenters. The Hall–Kier alpha value is -0.610. The first-order valence-corrected chi connectivity index (χ1v) is 4.18. The second-order valence-electron chi connectivity index (χ2n) is 3.11. The summed E-state index contributed by atoms with van der Waals surface area (Å²) >= 11 is 0. The molecule has 1 saturated heterocycles. The van der Waals surface area contributed by atoms with Crippen LogP contribution in [0.3, 0.4) is 0 Å². The number of aliphatic hydroxyl groups excluding tert-OH is 1. The van der Waals surface area contributed by atoms with Crippen molar-refractivity contribution in [2.24, 2.45) is 0 Å². The van der Waals surface area contributed by atoms with Crippen LogP contribution in [0.5, 0.6) is 0 Å². The fourth-order valence-electron chi connectivity index (χ4n) is 1.51. The normalized spacial score (nSPS) is 35.3. The molecule has 1 rings (SSSR count). The maximum atomic E-state index is 10.3. The molecule has 0 aromatic rings. The van der Waals surface area contributed by atoms with Gasteiger partial charge in [-0.3, -0.25) is 4.79 Å². The van der Waals surface area contributed by atoms with Crippen LogP contribution in [0.2, 0.25) is 0 Å². The third-order valence-corrected chi connectivity index (χ3v) is 2.11. The molecule has 70 valence electrons. The van der Waals surface area contributed by atoms with E-state index in [1.165, 1.54) is 0 Å². The van der Waals surface area contributed by atoms with Gasteiger partial charge in [-0.2, -0.15) is 0 Å². The van der Waals surface area contributed by atoms with Gasteiger partial charge in [0.15, 0.2) is 0 Å². The van der Waals surface area contributed by atoms with E-state index in [9.17, 15) is 9.90 Å². The Morgan fingerprint density at radius 1 is 1.67 bits per heavy atom. The monoisotopic (exact) mass is 174 g/mol. The van der Waals surface area contributed by atoms with Crippen molar-refractivity contribution in [2.45, 2.75) is 44.5 Å². The van der Waals surface area contributed by atoms with Crippen molar-refractivity contribution in [3.63, 3.8) is 0 Å². The second kappa shape index (κ2) is 3.87. The molecule has 1 fully saturated rings. The van der Waals surface area contributed by atoms with E-state index < -0.39 is 12.1 Å². The molecule has 4 nitrogen and oxygen atoms in total. The van der Waals surface area contributed by atoms with Crippen molar-refractivity contribution in [1.82, 2.24) is 0 Å². The van der Waals surface area contributed by atoms with E-state index in [-0.39, 0.29) is 18.6 Å². The molecule has 1 aliphatic heterocycles. The Kier molecular flexibility index (Phi) is 3.05. The second-order valence-corrected chi connectivity index (χ2v) is 3.11. The molecule has 0 saturated carbocycles. The summed E-state index contributed by atoms with van der Waals surface area (Å²) in [7, 11) is 0. The fraction of sp³-hybridized carbons (Fsp3) is 0.875. The minimum Gasteiger partial charge on any atom is -0.481 e. The highest BCUT2D eigenvalue weighted by molar-refractivity contribution is 5.67. The van der Waals surface area contributed by atoms with Crippen molar-refractivity contribution in [2.75, 3.05) is 0 Å². The van der Waals surface area contributed by atoms with Gasteiger partial charge >= 0.3 is 5.97 Å².